The van der Waals surface area contributed by atoms with Crippen molar-refractivity contribution in [3.63, 3.8) is 0 Å². The van der Waals surface area contributed by atoms with Crippen LogP contribution in [-0.4, -0.2) is 52.6 Å². The molecule has 7 heteroatoms. The molecule has 0 bridgehead atoms. The lowest BCUT2D eigenvalue weighted by atomic mass is 9.87. The molecule has 0 aromatic heterocycles. The number of hydrogen-bond acceptors (Lipinski definition) is 4. The van der Waals surface area contributed by atoms with Crippen molar-refractivity contribution in [2.75, 3.05) is 27.7 Å². The van der Waals surface area contributed by atoms with Crippen molar-refractivity contribution in [1.29, 1.82) is 0 Å². The normalized spacial score (nSPS) is 18.8. The zero-order valence-electron chi connectivity index (χ0n) is 15.7. The van der Waals surface area contributed by atoms with Gasteiger partial charge in [0.25, 0.3) is 10.2 Å². The van der Waals surface area contributed by atoms with Crippen LogP contribution >= 0.6 is 0 Å². The molecule has 1 aliphatic rings. The van der Waals surface area contributed by atoms with E-state index in [0.29, 0.717) is 18.6 Å². The molecule has 1 aromatic rings. The van der Waals surface area contributed by atoms with Crippen molar-refractivity contribution in [2.45, 2.75) is 51.1 Å². The summed E-state index contributed by atoms with van der Waals surface area (Å²) in [5.74, 6) is 0.968. The number of hydrogen-bond donors (Lipinski definition) is 2. The summed E-state index contributed by atoms with van der Waals surface area (Å²) in [6.45, 7) is 2.58. The molecular formula is C18H31N3O3S. The predicted octanol–water partition coefficient (Wildman–Crippen LogP) is 1.71. The summed E-state index contributed by atoms with van der Waals surface area (Å²) in [5.41, 5.74) is 2.68. The second-order valence-corrected chi connectivity index (χ2v) is 8.75. The third-order valence-electron chi connectivity index (χ3n) is 4.88. The minimum Gasteiger partial charge on any atom is -0.496 e. The van der Waals surface area contributed by atoms with Gasteiger partial charge < -0.3 is 10.1 Å². The van der Waals surface area contributed by atoms with Crippen molar-refractivity contribution in [3.8, 4) is 5.75 Å². The van der Waals surface area contributed by atoms with E-state index in [1.54, 1.807) is 7.11 Å². The summed E-state index contributed by atoms with van der Waals surface area (Å²) in [4.78, 5) is 0. The molecule has 2 atom stereocenters. The van der Waals surface area contributed by atoms with Crippen molar-refractivity contribution < 1.29 is 13.2 Å². The van der Waals surface area contributed by atoms with Gasteiger partial charge in [0, 0.05) is 32.7 Å². The van der Waals surface area contributed by atoms with Crippen molar-refractivity contribution in [1.82, 2.24) is 14.3 Å². The van der Waals surface area contributed by atoms with E-state index < -0.39 is 10.2 Å². The number of nitrogens with zero attached hydrogens (tertiary/aromatic N) is 1. The van der Waals surface area contributed by atoms with Crippen LogP contribution in [-0.2, 0) is 23.1 Å². The van der Waals surface area contributed by atoms with Gasteiger partial charge in [-0.1, -0.05) is 19.1 Å². The van der Waals surface area contributed by atoms with E-state index in [1.165, 1.54) is 29.5 Å². The third-order valence-corrected chi connectivity index (χ3v) is 6.42. The SMILES string of the molecule is CCC(CCNS(=O)(=O)N(C)C)NC1CCc2cccc(OC)c2C1. The highest BCUT2D eigenvalue weighted by Gasteiger charge is 2.23. The number of rotatable bonds is 9. The Bertz CT molecular complexity index is 647. The van der Waals surface area contributed by atoms with E-state index in [0.717, 1.165) is 37.9 Å². The number of aryl methyl sites for hydroxylation is 1. The lowest BCUT2D eigenvalue weighted by Crippen LogP contribution is -2.44. The van der Waals surface area contributed by atoms with Crippen LogP contribution < -0.4 is 14.8 Å². The molecule has 0 amide bonds. The van der Waals surface area contributed by atoms with Gasteiger partial charge >= 0.3 is 0 Å². The molecule has 1 aliphatic carbocycles. The van der Waals surface area contributed by atoms with Crippen molar-refractivity contribution in [2.24, 2.45) is 0 Å². The number of ether oxygens (including phenoxy) is 1. The van der Waals surface area contributed by atoms with Crippen LogP contribution in [0.4, 0.5) is 0 Å². The Balaban J connectivity index is 1.90. The Morgan fingerprint density at radius 1 is 1.36 bits per heavy atom. The first-order valence-corrected chi connectivity index (χ1v) is 10.4. The fourth-order valence-corrected chi connectivity index (χ4v) is 3.95. The molecule has 0 saturated carbocycles. The van der Waals surface area contributed by atoms with Gasteiger partial charge in [-0.2, -0.15) is 12.7 Å². The smallest absolute Gasteiger partial charge is 0.278 e. The maximum Gasteiger partial charge on any atom is 0.278 e. The number of fused-ring (bicyclic) bond motifs is 1. The van der Waals surface area contributed by atoms with Crippen molar-refractivity contribution in [3.05, 3.63) is 29.3 Å². The van der Waals surface area contributed by atoms with Gasteiger partial charge in [0.05, 0.1) is 7.11 Å². The molecule has 0 radical (unpaired) electrons. The first-order chi connectivity index (χ1) is 11.9. The van der Waals surface area contributed by atoms with E-state index in [2.05, 4.69) is 29.1 Å². The molecule has 25 heavy (non-hydrogen) atoms. The quantitative estimate of drug-likeness (QED) is 0.695. The highest BCUT2D eigenvalue weighted by molar-refractivity contribution is 7.87. The minimum absolute atomic E-state index is 0.297. The van der Waals surface area contributed by atoms with E-state index >= 15 is 0 Å². The second-order valence-electron chi connectivity index (χ2n) is 6.78. The van der Waals surface area contributed by atoms with Gasteiger partial charge in [0.15, 0.2) is 0 Å². The zero-order chi connectivity index (χ0) is 18.4. The summed E-state index contributed by atoms with van der Waals surface area (Å²) in [6.07, 6.45) is 4.85. The number of nitrogens with one attached hydrogen (secondary N) is 2. The molecule has 0 spiro atoms. The maximum atomic E-state index is 11.8. The second kappa shape index (κ2) is 8.98. The molecule has 0 heterocycles. The van der Waals surface area contributed by atoms with Gasteiger partial charge in [-0.25, -0.2) is 4.72 Å². The average Bonchev–Trinajstić information content (AvgIpc) is 2.59. The topological polar surface area (TPSA) is 70.7 Å². The minimum atomic E-state index is -3.35. The lowest BCUT2D eigenvalue weighted by Gasteiger charge is -2.30. The van der Waals surface area contributed by atoms with Gasteiger partial charge in [-0.05, 0) is 49.3 Å². The molecule has 2 N–H and O–H groups in total. The fourth-order valence-electron chi connectivity index (χ4n) is 3.32. The van der Waals surface area contributed by atoms with Crippen molar-refractivity contribution >= 4 is 10.2 Å². The molecule has 2 unspecified atom stereocenters. The first-order valence-electron chi connectivity index (χ1n) is 8.95. The Hall–Kier alpha value is -1.15. The van der Waals surface area contributed by atoms with E-state index in [-0.39, 0.29) is 0 Å². The Kier molecular flexibility index (Phi) is 7.25. The number of benzene rings is 1. The van der Waals surface area contributed by atoms with Crippen LogP contribution in [0.5, 0.6) is 5.75 Å². The summed E-state index contributed by atoms with van der Waals surface area (Å²) in [7, 11) is 1.44. The van der Waals surface area contributed by atoms with Crippen LogP contribution in [0.15, 0.2) is 18.2 Å². The molecule has 2 rings (SSSR count). The first kappa shape index (κ1) is 20.2. The largest absolute Gasteiger partial charge is 0.496 e. The molecule has 0 saturated heterocycles. The lowest BCUT2D eigenvalue weighted by molar-refractivity contribution is 0.358. The standard InChI is InChI=1S/C18H31N3O3S/c1-5-15(11-12-19-25(22,23)21(2)3)20-16-10-9-14-7-6-8-18(24-4)17(14)13-16/h6-8,15-16,19-20H,5,9-13H2,1-4H3. The highest BCUT2D eigenvalue weighted by Crippen LogP contribution is 2.29. The Morgan fingerprint density at radius 3 is 2.76 bits per heavy atom. The Labute approximate surface area is 152 Å². The average molecular weight is 370 g/mol. The van der Waals surface area contributed by atoms with Gasteiger partial charge in [0.2, 0.25) is 0 Å². The molecule has 0 fully saturated rings. The van der Waals surface area contributed by atoms with Gasteiger partial charge in [0.1, 0.15) is 5.75 Å². The maximum absolute atomic E-state index is 11.8. The van der Waals surface area contributed by atoms with E-state index in [1.807, 2.05) is 6.07 Å². The fraction of sp³-hybridized carbons (Fsp3) is 0.667. The van der Waals surface area contributed by atoms with Crippen LogP contribution in [0.3, 0.4) is 0 Å². The van der Waals surface area contributed by atoms with E-state index in [4.69, 9.17) is 4.74 Å². The van der Waals surface area contributed by atoms with Crippen LogP contribution in [0, 0.1) is 0 Å². The van der Waals surface area contributed by atoms with Crippen LogP contribution in [0.25, 0.3) is 0 Å². The van der Waals surface area contributed by atoms with Gasteiger partial charge in [-0.15, -0.1) is 0 Å². The van der Waals surface area contributed by atoms with Crippen LogP contribution in [0.1, 0.15) is 37.3 Å². The third kappa shape index (κ3) is 5.41. The Morgan fingerprint density at radius 2 is 2.12 bits per heavy atom. The van der Waals surface area contributed by atoms with Crippen LogP contribution in [0.2, 0.25) is 0 Å². The summed E-state index contributed by atoms with van der Waals surface area (Å²) in [6, 6.07) is 6.96. The zero-order valence-corrected chi connectivity index (χ0v) is 16.5. The predicted molar refractivity (Wildman–Crippen MR) is 101 cm³/mol. The highest BCUT2D eigenvalue weighted by atomic mass is 32.2. The summed E-state index contributed by atoms with van der Waals surface area (Å²) < 4.78 is 32.9. The summed E-state index contributed by atoms with van der Waals surface area (Å²) >= 11 is 0. The molecule has 6 nitrogen and oxygen atoms in total. The van der Waals surface area contributed by atoms with Gasteiger partial charge in [-0.3, -0.25) is 0 Å². The number of methoxy groups -OCH3 is 1. The molecule has 1 aromatic carbocycles. The molecule has 0 aliphatic heterocycles. The molecular weight excluding hydrogens is 338 g/mol. The monoisotopic (exact) mass is 369 g/mol. The molecule has 142 valence electrons. The van der Waals surface area contributed by atoms with E-state index in [9.17, 15) is 8.42 Å². The summed E-state index contributed by atoms with van der Waals surface area (Å²) in [5, 5.41) is 3.71.